The van der Waals surface area contributed by atoms with E-state index in [1.807, 2.05) is 66.7 Å². The first kappa shape index (κ1) is 17.0. The smallest absolute Gasteiger partial charge is 0.205 e. The molecule has 0 N–H and O–H groups in total. The summed E-state index contributed by atoms with van der Waals surface area (Å²) in [5.74, 6) is 0.781. The molecule has 0 radical (unpaired) electrons. The van der Waals surface area contributed by atoms with E-state index in [1.54, 1.807) is 0 Å². The maximum Gasteiger partial charge on any atom is 0.205 e. The van der Waals surface area contributed by atoms with Crippen LogP contribution in [0.15, 0.2) is 99.9 Å². The quantitative estimate of drug-likeness (QED) is 0.315. The first-order valence-corrected chi connectivity index (χ1v) is 9.48. The maximum atomic E-state index is 6.11. The molecule has 126 valence electrons. The van der Waals surface area contributed by atoms with Gasteiger partial charge in [-0.3, -0.25) is 0 Å². The summed E-state index contributed by atoms with van der Waals surface area (Å²) in [5, 5.41) is 0. The van der Waals surface area contributed by atoms with Gasteiger partial charge in [-0.25, -0.2) is 0 Å². The Kier molecular flexibility index (Phi) is 4.83. The molecule has 0 bridgehead atoms. The first-order valence-electron chi connectivity index (χ1n) is 8.28. The van der Waals surface area contributed by atoms with Gasteiger partial charge >= 0.3 is 0 Å². The minimum Gasteiger partial charge on any atom is -0.443 e. The van der Waals surface area contributed by atoms with Crippen molar-refractivity contribution in [2.24, 2.45) is 0 Å². The average molecular weight is 419 g/mol. The highest BCUT2D eigenvalue weighted by molar-refractivity contribution is 9.10. The molecule has 0 fully saturated rings. The Bertz CT molecular complexity index is 1090. The Hall–Kier alpha value is -2.49. The third kappa shape index (κ3) is 3.16. The Morgan fingerprint density at radius 3 is 1.50 bits per heavy atom. The predicted octanol–water partition coefficient (Wildman–Crippen LogP) is 7.77. The zero-order valence-corrected chi connectivity index (χ0v) is 16.3. The second-order valence-electron chi connectivity index (χ2n) is 5.88. The van der Waals surface area contributed by atoms with Crippen LogP contribution in [0.3, 0.4) is 0 Å². The molecule has 26 heavy (non-hydrogen) atoms. The third-order valence-electron chi connectivity index (χ3n) is 4.23. The lowest BCUT2D eigenvalue weighted by Crippen LogP contribution is -1.93. The van der Waals surface area contributed by atoms with E-state index in [0.29, 0.717) is 4.71 Å². The van der Waals surface area contributed by atoms with Crippen LogP contribution >= 0.6 is 28.1 Å². The third-order valence-corrected chi connectivity index (χ3v) is 5.54. The zero-order chi connectivity index (χ0) is 17.9. The molecule has 0 spiro atoms. The number of hydrogen-bond donors (Lipinski definition) is 0. The van der Waals surface area contributed by atoms with E-state index in [4.69, 9.17) is 16.6 Å². The van der Waals surface area contributed by atoms with Gasteiger partial charge in [0.15, 0.2) is 0 Å². The van der Waals surface area contributed by atoms with Crippen LogP contribution in [0.4, 0.5) is 0 Å². The molecule has 4 aromatic rings. The van der Waals surface area contributed by atoms with E-state index in [1.165, 1.54) is 0 Å². The van der Waals surface area contributed by atoms with E-state index < -0.39 is 0 Å². The number of benzene rings is 3. The molecule has 4 rings (SSSR count). The van der Waals surface area contributed by atoms with Crippen LogP contribution in [0.1, 0.15) is 0 Å². The molecule has 1 heterocycles. The van der Waals surface area contributed by atoms with Crippen molar-refractivity contribution < 1.29 is 4.42 Å². The standard InChI is InChI=1S/C23H15BrOS/c24-21-19(16-10-4-1-5-11-16)20(17-12-6-2-7-13-17)22(25-23(21)26)18-14-8-3-9-15-18/h1-15H. The summed E-state index contributed by atoms with van der Waals surface area (Å²) >= 11 is 9.20. The van der Waals surface area contributed by atoms with Crippen molar-refractivity contribution in [3.63, 3.8) is 0 Å². The molecular weight excluding hydrogens is 404 g/mol. The fourth-order valence-corrected chi connectivity index (χ4v) is 3.76. The number of hydrogen-bond acceptors (Lipinski definition) is 2. The summed E-state index contributed by atoms with van der Waals surface area (Å²) in [5.41, 5.74) is 5.26. The average Bonchev–Trinajstić information content (AvgIpc) is 2.71. The van der Waals surface area contributed by atoms with Crippen molar-refractivity contribution in [3.05, 3.63) is 100 Å². The highest BCUT2D eigenvalue weighted by atomic mass is 79.9. The molecule has 0 atom stereocenters. The molecule has 0 aliphatic heterocycles. The summed E-state index contributed by atoms with van der Waals surface area (Å²) in [7, 11) is 0. The topological polar surface area (TPSA) is 13.1 Å². The van der Waals surface area contributed by atoms with Crippen LogP contribution < -0.4 is 0 Å². The van der Waals surface area contributed by atoms with E-state index in [2.05, 4.69) is 40.2 Å². The van der Waals surface area contributed by atoms with Gasteiger partial charge in [0.1, 0.15) is 5.76 Å². The van der Waals surface area contributed by atoms with Crippen LogP contribution in [-0.4, -0.2) is 0 Å². The molecule has 3 aromatic carbocycles. The van der Waals surface area contributed by atoms with Crippen molar-refractivity contribution in [3.8, 4) is 33.6 Å². The van der Waals surface area contributed by atoms with Gasteiger partial charge in [0.25, 0.3) is 0 Å². The molecule has 1 nitrogen and oxygen atoms in total. The van der Waals surface area contributed by atoms with Crippen LogP contribution in [-0.2, 0) is 0 Å². The highest BCUT2D eigenvalue weighted by Crippen LogP contribution is 2.44. The van der Waals surface area contributed by atoms with Crippen LogP contribution in [0.5, 0.6) is 0 Å². The van der Waals surface area contributed by atoms with Gasteiger partial charge in [-0.1, -0.05) is 91.0 Å². The zero-order valence-electron chi connectivity index (χ0n) is 13.9. The van der Waals surface area contributed by atoms with Gasteiger partial charge in [0.2, 0.25) is 4.71 Å². The highest BCUT2D eigenvalue weighted by Gasteiger charge is 2.20. The Morgan fingerprint density at radius 1 is 0.577 bits per heavy atom. The Morgan fingerprint density at radius 2 is 1.00 bits per heavy atom. The minimum atomic E-state index is 0.447. The fourth-order valence-electron chi connectivity index (χ4n) is 3.06. The van der Waals surface area contributed by atoms with Gasteiger partial charge in [0.05, 0.1) is 4.47 Å². The van der Waals surface area contributed by atoms with E-state index in [0.717, 1.165) is 38.1 Å². The number of halogens is 1. The monoisotopic (exact) mass is 418 g/mol. The van der Waals surface area contributed by atoms with Crippen LogP contribution in [0.25, 0.3) is 33.6 Å². The van der Waals surface area contributed by atoms with Crippen molar-refractivity contribution >= 4 is 28.1 Å². The number of rotatable bonds is 3. The van der Waals surface area contributed by atoms with E-state index in [9.17, 15) is 0 Å². The summed E-state index contributed by atoms with van der Waals surface area (Å²) in [6.45, 7) is 0. The molecule has 0 saturated carbocycles. The normalized spacial score (nSPS) is 10.7. The summed E-state index contributed by atoms with van der Waals surface area (Å²) in [6.07, 6.45) is 0. The molecule has 0 aliphatic carbocycles. The molecule has 0 amide bonds. The SMILES string of the molecule is S=c1oc(-c2ccccc2)c(-c2ccccc2)c(-c2ccccc2)c1Br. The summed E-state index contributed by atoms with van der Waals surface area (Å²) in [6, 6.07) is 30.6. The molecule has 1 aromatic heterocycles. The molecule has 3 heteroatoms. The molecule has 0 saturated heterocycles. The lowest BCUT2D eigenvalue weighted by molar-refractivity contribution is 0.548. The lowest BCUT2D eigenvalue weighted by Gasteiger charge is -2.16. The van der Waals surface area contributed by atoms with E-state index >= 15 is 0 Å². The second kappa shape index (κ2) is 7.40. The first-order chi connectivity index (χ1) is 12.8. The maximum absolute atomic E-state index is 6.11. The van der Waals surface area contributed by atoms with Crippen molar-refractivity contribution in [2.45, 2.75) is 0 Å². The Balaban J connectivity index is 2.14. The summed E-state index contributed by atoms with van der Waals surface area (Å²) < 4.78 is 7.36. The van der Waals surface area contributed by atoms with E-state index in [-0.39, 0.29) is 0 Å². The van der Waals surface area contributed by atoms with Crippen molar-refractivity contribution in [2.75, 3.05) is 0 Å². The van der Waals surface area contributed by atoms with Gasteiger partial charge in [0, 0.05) is 16.7 Å². The molecular formula is C23H15BrOS. The summed E-state index contributed by atoms with van der Waals surface area (Å²) in [4.78, 5) is 0. The minimum absolute atomic E-state index is 0.447. The fraction of sp³-hybridized carbons (Fsp3) is 0. The Labute approximate surface area is 166 Å². The van der Waals surface area contributed by atoms with Crippen LogP contribution in [0.2, 0.25) is 0 Å². The molecule has 0 aliphatic rings. The lowest BCUT2D eigenvalue weighted by atomic mass is 9.92. The predicted molar refractivity (Wildman–Crippen MR) is 114 cm³/mol. The van der Waals surface area contributed by atoms with Crippen molar-refractivity contribution in [1.82, 2.24) is 0 Å². The molecule has 0 unspecified atom stereocenters. The second-order valence-corrected chi connectivity index (χ2v) is 7.04. The van der Waals surface area contributed by atoms with Crippen LogP contribution in [0, 0.1) is 4.71 Å². The van der Waals surface area contributed by atoms with Crippen molar-refractivity contribution in [1.29, 1.82) is 0 Å². The van der Waals surface area contributed by atoms with Gasteiger partial charge < -0.3 is 4.42 Å². The van der Waals surface area contributed by atoms with Gasteiger partial charge in [-0.05, 0) is 39.3 Å². The van der Waals surface area contributed by atoms with Gasteiger partial charge in [-0.2, -0.15) is 0 Å². The largest absolute Gasteiger partial charge is 0.443 e. The van der Waals surface area contributed by atoms with Gasteiger partial charge in [-0.15, -0.1) is 0 Å².